The molecular formula is C15H18ClFN4O2S. The molecule has 0 saturated carbocycles. The summed E-state index contributed by atoms with van der Waals surface area (Å²) >= 11 is 1.23. The first-order valence-corrected chi connectivity index (χ1v) is 7.85. The third-order valence-electron chi connectivity index (χ3n) is 2.92. The van der Waals surface area contributed by atoms with Gasteiger partial charge in [0.2, 0.25) is 11.8 Å². The Bertz CT molecular complexity index is 723. The fraction of sp³-hybridized carbons (Fsp3) is 0.267. The van der Waals surface area contributed by atoms with Crippen LogP contribution in [0.1, 0.15) is 13.3 Å². The SMILES string of the molecule is CNCCC(=O)Nc1nc(-c2ccc(NC(C)=O)cc2F)cs1.Cl. The minimum absolute atomic E-state index is 0. The van der Waals surface area contributed by atoms with Crippen molar-refractivity contribution in [1.82, 2.24) is 10.3 Å². The van der Waals surface area contributed by atoms with Crippen molar-refractivity contribution in [2.24, 2.45) is 0 Å². The van der Waals surface area contributed by atoms with Crippen LogP contribution in [0.2, 0.25) is 0 Å². The average Bonchev–Trinajstić information content (AvgIpc) is 2.92. The number of amides is 2. The van der Waals surface area contributed by atoms with Crippen LogP contribution in [0.25, 0.3) is 11.3 Å². The van der Waals surface area contributed by atoms with E-state index in [0.717, 1.165) is 0 Å². The van der Waals surface area contributed by atoms with Gasteiger partial charge in [0, 0.05) is 36.5 Å². The van der Waals surface area contributed by atoms with Crippen molar-refractivity contribution < 1.29 is 14.0 Å². The van der Waals surface area contributed by atoms with Crippen LogP contribution in [-0.4, -0.2) is 30.4 Å². The summed E-state index contributed by atoms with van der Waals surface area (Å²) in [5.74, 6) is -0.909. The van der Waals surface area contributed by atoms with E-state index in [4.69, 9.17) is 0 Å². The molecule has 24 heavy (non-hydrogen) atoms. The van der Waals surface area contributed by atoms with Gasteiger partial charge < -0.3 is 16.0 Å². The molecule has 2 amide bonds. The highest BCUT2D eigenvalue weighted by atomic mass is 35.5. The topological polar surface area (TPSA) is 83.1 Å². The van der Waals surface area contributed by atoms with Crippen LogP contribution in [0.4, 0.5) is 15.2 Å². The number of carbonyl (C=O) groups excluding carboxylic acids is 2. The molecule has 0 saturated heterocycles. The van der Waals surface area contributed by atoms with Crippen molar-refractivity contribution in [3.8, 4) is 11.3 Å². The van der Waals surface area contributed by atoms with Crippen molar-refractivity contribution in [1.29, 1.82) is 0 Å². The van der Waals surface area contributed by atoms with Crippen molar-refractivity contribution in [3.05, 3.63) is 29.4 Å². The summed E-state index contributed by atoms with van der Waals surface area (Å²) < 4.78 is 14.1. The van der Waals surface area contributed by atoms with E-state index < -0.39 is 5.82 Å². The molecule has 9 heteroatoms. The van der Waals surface area contributed by atoms with Crippen molar-refractivity contribution in [2.75, 3.05) is 24.2 Å². The summed E-state index contributed by atoms with van der Waals surface area (Å²) in [6.45, 7) is 1.93. The number of benzene rings is 1. The Morgan fingerprint density at radius 2 is 2.04 bits per heavy atom. The van der Waals surface area contributed by atoms with E-state index in [1.807, 2.05) is 0 Å². The van der Waals surface area contributed by atoms with Gasteiger partial charge in [-0.15, -0.1) is 23.7 Å². The number of nitrogens with one attached hydrogen (secondary N) is 3. The molecule has 0 aliphatic rings. The second-order valence-corrected chi connectivity index (χ2v) is 5.67. The molecular weight excluding hydrogens is 355 g/mol. The monoisotopic (exact) mass is 372 g/mol. The van der Waals surface area contributed by atoms with Crippen LogP contribution >= 0.6 is 23.7 Å². The highest BCUT2D eigenvalue weighted by Crippen LogP contribution is 2.28. The first-order chi connectivity index (χ1) is 11.0. The molecule has 0 bridgehead atoms. The van der Waals surface area contributed by atoms with Crippen LogP contribution in [-0.2, 0) is 9.59 Å². The number of carbonyl (C=O) groups is 2. The quantitative estimate of drug-likeness (QED) is 0.728. The minimum atomic E-state index is -0.491. The van der Waals surface area contributed by atoms with Gasteiger partial charge in [-0.3, -0.25) is 9.59 Å². The number of nitrogens with zero attached hydrogens (tertiary/aromatic N) is 1. The summed E-state index contributed by atoms with van der Waals surface area (Å²) in [6.07, 6.45) is 0.338. The number of thiazole rings is 1. The van der Waals surface area contributed by atoms with Crippen LogP contribution in [0.5, 0.6) is 0 Å². The zero-order valence-electron chi connectivity index (χ0n) is 13.2. The van der Waals surface area contributed by atoms with Gasteiger partial charge in [0.05, 0.1) is 5.69 Å². The van der Waals surface area contributed by atoms with E-state index in [0.29, 0.717) is 35.0 Å². The fourth-order valence-electron chi connectivity index (χ4n) is 1.88. The normalized spacial score (nSPS) is 9.96. The van der Waals surface area contributed by atoms with Gasteiger partial charge in [0.25, 0.3) is 0 Å². The van der Waals surface area contributed by atoms with Gasteiger partial charge in [0.15, 0.2) is 5.13 Å². The van der Waals surface area contributed by atoms with Gasteiger partial charge >= 0.3 is 0 Å². The predicted molar refractivity (Wildman–Crippen MR) is 96.2 cm³/mol. The standard InChI is InChI=1S/C15H17FN4O2S.ClH/c1-9(21)18-10-3-4-11(12(16)7-10)13-8-23-15(19-13)20-14(22)5-6-17-2;/h3-4,7-8,17H,5-6H2,1-2H3,(H,18,21)(H,19,20,22);1H. The second kappa shape index (κ2) is 9.31. The molecule has 1 aromatic carbocycles. The molecule has 0 aliphatic heterocycles. The van der Waals surface area contributed by atoms with E-state index in [9.17, 15) is 14.0 Å². The van der Waals surface area contributed by atoms with Crippen LogP contribution in [0.15, 0.2) is 23.6 Å². The molecule has 2 aromatic rings. The molecule has 0 fully saturated rings. The van der Waals surface area contributed by atoms with Crippen molar-refractivity contribution >= 4 is 46.4 Å². The second-order valence-electron chi connectivity index (χ2n) is 4.82. The zero-order chi connectivity index (χ0) is 16.8. The summed E-state index contributed by atoms with van der Waals surface area (Å²) in [6, 6.07) is 4.38. The Balaban J connectivity index is 0.00000288. The summed E-state index contributed by atoms with van der Waals surface area (Å²) in [7, 11) is 1.77. The molecule has 2 rings (SSSR count). The Hall–Kier alpha value is -2.03. The van der Waals surface area contributed by atoms with Gasteiger partial charge in [-0.05, 0) is 25.2 Å². The van der Waals surface area contributed by atoms with E-state index in [2.05, 4.69) is 20.9 Å². The van der Waals surface area contributed by atoms with E-state index >= 15 is 0 Å². The summed E-state index contributed by atoms with van der Waals surface area (Å²) in [5.41, 5.74) is 1.13. The van der Waals surface area contributed by atoms with Crippen molar-refractivity contribution in [2.45, 2.75) is 13.3 Å². The molecule has 0 aliphatic carbocycles. The lowest BCUT2D eigenvalue weighted by Gasteiger charge is -2.05. The molecule has 1 aromatic heterocycles. The maximum absolute atomic E-state index is 14.1. The third kappa shape index (κ3) is 5.55. The largest absolute Gasteiger partial charge is 0.326 e. The maximum atomic E-state index is 14.1. The molecule has 0 unspecified atom stereocenters. The maximum Gasteiger partial charge on any atom is 0.227 e. The number of hydrogen-bond acceptors (Lipinski definition) is 5. The van der Waals surface area contributed by atoms with Crippen molar-refractivity contribution in [3.63, 3.8) is 0 Å². The average molecular weight is 373 g/mol. The highest BCUT2D eigenvalue weighted by Gasteiger charge is 2.12. The molecule has 130 valence electrons. The van der Waals surface area contributed by atoms with E-state index in [1.54, 1.807) is 24.6 Å². The van der Waals surface area contributed by atoms with Gasteiger partial charge in [0.1, 0.15) is 5.82 Å². The Morgan fingerprint density at radius 1 is 1.29 bits per heavy atom. The van der Waals surface area contributed by atoms with E-state index in [1.165, 1.54) is 24.3 Å². The van der Waals surface area contributed by atoms with Crippen LogP contribution in [0.3, 0.4) is 0 Å². The van der Waals surface area contributed by atoms with Crippen LogP contribution in [0, 0.1) is 5.82 Å². The lowest BCUT2D eigenvalue weighted by atomic mass is 10.1. The molecule has 1 heterocycles. The highest BCUT2D eigenvalue weighted by molar-refractivity contribution is 7.14. The first-order valence-electron chi connectivity index (χ1n) is 6.97. The van der Waals surface area contributed by atoms with Gasteiger partial charge in [-0.25, -0.2) is 9.37 Å². The third-order valence-corrected chi connectivity index (χ3v) is 3.68. The van der Waals surface area contributed by atoms with Gasteiger partial charge in [-0.2, -0.15) is 0 Å². The number of halogens is 2. The van der Waals surface area contributed by atoms with Crippen LogP contribution < -0.4 is 16.0 Å². The zero-order valence-corrected chi connectivity index (χ0v) is 14.8. The minimum Gasteiger partial charge on any atom is -0.326 e. The smallest absolute Gasteiger partial charge is 0.227 e. The predicted octanol–water partition coefficient (Wildman–Crippen LogP) is 2.88. The number of rotatable bonds is 6. The Labute approximate surface area is 149 Å². The fourth-order valence-corrected chi connectivity index (χ4v) is 2.61. The summed E-state index contributed by atoms with van der Waals surface area (Å²) in [4.78, 5) is 26.8. The molecule has 6 nitrogen and oxygen atoms in total. The molecule has 0 spiro atoms. The lowest BCUT2D eigenvalue weighted by molar-refractivity contribution is -0.116. The lowest BCUT2D eigenvalue weighted by Crippen LogP contribution is -2.18. The Kier molecular flexibility index (Phi) is 7.76. The molecule has 3 N–H and O–H groups in total. The van der Waals surface area contributed by atoms with E-state index in [-0.39, 0.29) is 24.2 Å². The number of aromatic nitrogens is 1. The molecule has 0 atom stereocenters. The number of anilines is 2. The Morgan fingerprint density at radius 3 is 2.67 bits per heavy atom. The summed E-state index contributed by atoms with van der Waals surface area (Å²) in [5, 5.41) is 10.2. The molecule has 0 radical (unpaired) electrons. The van der Waals surface area contributed by atoms with Gasteiger partial charge in [-0.1, -0.05) is 0 Å². The first kappa shape index (κ1) is 20.0. The number of hydrogen-bond donors (Lipinski definition) is 3.